The summed E-state index contributed by atoms with van der Waals surface area (Å²) in [6.07, 6.45) is 1.49. The van der Waals surface area contributed by atoms with Crippen molar-refractivity contribution in [3.8, 4) is 0 Å². The highest BCUT2D eigenvalue weighted by Gasteiger charge is 2.33. The lowest BCUT2D eigenvalue weighted by molar-refractivity contribution is -0.384. The summed E-state index contributed by atoms with van der Waals surface area (Å²) >= 11 is 0. The molecule has 2 aromatic rings. The molecule has 0 aliphatic carbocycles. The van der Waals surface area contributed by atoms with Crippen LogP contribution in [0.3, 0.4) is 0 Å². The Kier molecular flexibility index (Phi) is 6.53. The van der Waals surface area contributed by atoms with Gasteiger partial charge in [0.25, 0.3) is 23.4 Å². The van der Waals surface area contributed by atoms with Crippen molar-refractivity contribution < 1.29 is 27.7 Å². The van der Waals surface area contributed by atoms with E-state index in [1.165, 1.54) is 58.5 Å². The molecule has 1 saturated heterocycles. The fraction of sp³-hybridized carbons (Fsp3) is 0.250. The summed E-state index contributed by atoms with van der Waals surface area (Å²) in [5.74, 6) is -1.78. The first-order chi connectivity index (χ1) is 15.1. The summed E-state index contributed by atoms with van der Waals surface area (Å²) in [6.45, 7) is 0.0469. The Morgan fingerprint density at radius 1 is 1.03 bits per heavy atom. The largest absolute Gasteiger partial charge is 0.343 e. The molecule has 2 aromatic carbocycles. The number of amides is 3. The average Bonchev–Trinajstić information content (AvgIpc) is 3.26. The number of hydrogen-bond acceptors (Lipinski definition) is 7. The summed E-state index contributed by atoms with van der Waals surface area (Å²) in [5, 5.41) is 15.5. The van der Waals surface area contributed by atoms with Crippen molar-refractivity contribution in [2.24, 2.45) is 0 Å². The highest BCUT2D eigenvalue weighted by molar-refractivity contribution is 7.90. The van der Waals surface area contributed by atoms with Crippen LogP contribution >= 0.6 is 0 Å². The number of carbonyl (C=O) groups is 3. The molecule has 168 valence electrons. The minimum atomic E-state index is -3.66. The third-order valence-electron chi connectivity index (χ3n) is 4.81. The lowest BCUT2D eigenvalue weighted by atomic mass is 10.2. The van der Waals surface area contributed by atoms with E-state index in [1.54, 1.807) is 0 Å². The number of non-ortho nitro benzene ring substituents is 1. The summed E-state index contributed by atoms with van der Waals surface area (Å²) < 4.78 is 24.0. The van der Waals surface area contributed by atoms with Crippen LogP contribution in [0.5, 0.6) is 0 Å². The van der Waals surface area contributed by atoms with Gasteiger partial charge in [0.15, 0.2) is 9.84 Å². The number of carbonyl (C=O) groups excluding carboxylic acids is 3. The van der Waals surface area contributed by atoms with Crippen molar-refractivity contribution >= 4 is 33.2 Å². The van der Waals surface area contributed by atoms with Crippen molar-refractivity contribution in [2.75, 3.05) is 25.9 Å². The second-order valence-electron chi connectivity index (χ2n) is 7.05. The van der Waals surface area contributed by atoms with Crippen LogP contribution in [0.4, 0.5) is 5.69 Å². The maximum absolute atomic E-state index is 13.0. The molecule has 32 heavy (non-hydrogen) atoms. The fourth-order valence-corrected chi connectivity index (χ4v) is 4.15. The zero-order chi connectivity index (χ0) is 23.5. The maximum Gasteiger partial charge on any atom is 0.273 e. The van der Waals surface area contributed by atoms with Crippen LogP contribution in [0.2, 0.25) is 0 Å². The Labute approximate surface area is 183 Å². The Morgan fingerprint density at radius 2 is 1.66 bits per heavy atom. The summed E-state index contributed by atoms with van der Waals surface area (Å²) in [6, 6.07) is 10.7. The lowest BCUT2D eigenvalue weighted by Crippen LogP contribution is -2.48. The van der Waals surface area contributed by atoms with E-state index in [0.717, 1.165) is 6.26 Å². The van der Waals surface area contributed by atoms with Gasteiger partial charge in [-0.2, -0.15) is 0 Å². The van der Waals surface area contributed by atoms with Crippen molar-refractivity contribution in [2.45, 2.75) is 11.3 Å². The monoisotopic (exact) mass is 460 g/mol. The van der Waals surface area contributed by atoms with Crippen LogP contribution in [0.1, 0.15) is 27.1 Å². The molecular weight excluding hydrogens is 440 g/mol. The molecule has 3 amide bonds. The van der Waals surface area contributed by atoms with E-state index in [0.29, 0.717) is 6.42 Å². The Bertz CT molecular complexity index is 1180. The first kappa shape index (κ1) is 22.9. The quantitative estimate of drug-likeness (QED) is 0.500. The molecule has 0 saturated carbocycles. The molecule has 3 rings (SSSR count). The molecule has 1 aliphatic rings. The molecule has 12 heteroatoms. The van der Waals surface area contributed by atoms with Crippen LogP contribution < -0.4 is 5.32 Å². The van der Waals surface area contributed by atoms with Gasteiger partial charge in [-0.05, 0) is 30.7 Å². The molecule has 0 radical (unpaired) electrons. The average molecular weight is 460 g/mol. The SMILES string of the molecule is CS(=O)(=O)c1ccccc1C(=O)N1CCCN1C(=O)CNC(=O)c1ccc([N+](=O)[O-])cc1. The third kappa shape index (κ3) is 4.91. The first-order valence-electron chi connectivity index (χ1n) is 9.53. The highest BCUT2D eigenvalue weighted by Crippen LogP contribution is 2.21. The normalized spacial score (nSPS) is 13.7. The third-order valence-corrected chi connectivity index (χ3v) is 5.97. The standard InChI is InChI=1S/C20H20N4O7S/c1-32(30,31)17-6-3-2-5-16(17)20(27)23-12-4-11-22(23)18(25)13-21-19(26)14-7-9-15(10-8-14)24(28)29/h2-3,5-10H,4,11-13H2,1H3,(H,21,26). The number of hydrogen-bond donors (Lipinski definition) is 1. The lowest BCUT2D eigenvalue weighted by Gasteiger charge is -2.28. The number of sulfone groups is 1. The Balaban J connectivity index is 1.69. The van der Waals surface area contributed by atoms with Crippen LogP contribution in [-0.4, -0.2) is 67.0 Å². The fourth-order valence-electron chi connectivity index (χ4n) is 3.27. The highest BCUT2D eigenvalue weighted by atomic mass is 32.2. The van der Waals surface area contributed by atoms with Gasteiger partial charge in [0.1, 0.15) is 0 Å². The van der Waals surface area contributed by atoms with Gasteiger partial charge in [-0.3, -0.25) is 24.5 Å². The van der Waals surface area contributed by atoms with E-state index in [-0.39, 0.29) is 34.8 Å². The van der Waals surface area contributed by atoms with Gasteiger partial charge in [-0.25, -0.2) is 18.4 Å². The minimum absolute atomic E-state index is 0.0374. The smallest absolute Gasteiger partial charge is 0.273 e. The van der Waals surface area contributed by atoms with Crippen LogP contribution in [0, 0.1) is 10.1 Å². The predicted octanol–water partition coefficient (Wildman–Crippen LogP) is 1.02. The van der Waals surface area contributed by atoms with Crippen LogP contribution in [-0.2, 0) is 14.6 Å². The van der Waals surface area contributed by atoms with Crippen LogP contribution in [0.25, 0.3) is 0 Å². The van der Waals surface area contributed by atoms with E-state index >= 15 is 0 Å². The molecular formula is C20H20N4O7S. The second kappa shape index (κ2) is 9.14. The zero-order valence-corrected chi connectivity index (χ0v) is 17.9. The molecule has 1 N–H and O–H groups in total. The molecule has 1 heterocycles. The van der Waals surface area contributed by atoms with Gasteiger partial charge in [0.2, 0.25) is 0 Å². The van der Waals surface area contributed by atoms with Gasteiger partial charge in [-0.1, -0.05) is 12.1 Å². The van der Waals surface area contributed by atoms with Crippen molar-refractivity contribution in [1.82, 2.24) is 15.3 Å². The minimum Gasteiger partial charge on any atom is -0.343 e. The number of nitrogens with one attached hydrogen (secondary N) is 1. The van der Waals surface area contributed by atoms with Gasteiger partial charge in [0, 0.05) is 37.0 Å². The van der Waals surface area contributed by atoms with E-state index in [4.69, 9.17) is 0 Å². The van der Waals surface area contributed by atoms with E-state index in [9.17, 15) is 32.9 Å². The van der Waals surface area contributed by atoms with E-state index in [2.05, 4.69) is 5.32 Å². The molecule has 0 spiro atoms. The molecule has 1 fully saturated rings. The second-order valence-corrected chi connectivity index (χ2v) is 9.04. The molecule has 1 aliphatic heterocycles. The van der Waals surface area contributed by atoms with E-state index < -0.39 is 39.0 Å². The Hall–Kier alpha value is -3.80. The van der Waals surface area contributed by atoms with Crippen molar-refractivity contribution in [3.05, 3.63) is 69.8 Å². The molecule has 0 atom stereocenters. The number of benzene rings is 2. The molecule has 0 bridgehead atoms. The Morgan fingerprint density at radius 3 is 2.28 bits per heavy atom. The number of hydrazine groups is 1. The summed E-state index contributed by atoms with van der Waals surface area (Å²) in [7, 11) is -3.66. The predicted molar refractivity (Wildman–Crippen MR) is 112 cm³/mol. The van der Waals surface area contributed by atoms with Crippen molar-refractivity contribution in [1.29, 1.82) is 0 Å². The van der Waals surface area contributed by atoms with E-state index in [1.807, 2.05) is 0 Å². The number of nitro groups is 1. The van der Waals surface area contributed by atoms with Crippen LogP contribution in [0.15, 0.2) is 53.4 Å². The van der Waals surface area contributed by atoms with Gasteiger partial charge in [0.05, 0.1) is 21.9 Å². The maximum atomic E-state index is 13.0. The van der Waals surface area contributed by atoms with Gasteiger partial charge >= 0.3 is 0 Å². The molecule has 0 unspecified atom stereocenters. The number of nitro benzene ring substituents is 1. The topological polar surface area (TPSA) is 147 Å². The summed E-state index contributed by atoms with van der Waals surface area (Å²) in [4.78, 5) is 47.9. The number of rotatable bonds is 6. The zero-order valence-electron chi connectivity index (χ0n) is 17.1. The first-order valence-corrected chi connectivity index (χ1v) is 11.4. The van der Waals surface area contributed by atoms with Gasteiger partial charge < -0.3 is 5.32 Å². The summed E-state index contributed by atoms with van der Waals surface area (Å²) in [5.41, 5.74) is -0.0670. The van der Waals surface area contributed by atoms with Gasteiger partial charge in [-0.15, -0.1) is 0 Å². The molecule has 11 nitrogen and oxygen atoms in total. The van der Waals surface area contributed by atoms with Crippen molar-refractivity contribution in [3.63, 3.8) is 0 Å². The number of nitrogens with zero attached hydrogens (tertiary/aromatic N) is 3. The molecule has 0 aromatic heterocycles.